The lowest BCUT2D eigenvalue weighted by Crippen LogP contribution is -2.48. The summed E-state index contributed by atoms with van der Waals surface area (Å²) in [6.07, 6.45) is 3.40. The van der Waals surface area contributed by atoms with Crippen molar-refractivity contribution < 1.29 is 14.3 Å². The first-order valence-corrected chi connectivity index (χ1v) is 13.4. The van der Waals surface area contributed by atoms with Crippen molar-refractivity contribution in [3.05, 3.63) is 87.1 Å². The summed E-state index contributed by atoms with van der Waals surface area (Å²) >= 11 is 7.73. The van der Waals surface area contributed by atoms with Crippen LogP contribution in [0.4, 0.5) is 0 Å². The zero-order valence-corrected chi connectivity index (χ0v) is 21.1. The molecule has 1 aliphatic carbocycles. The Bertz CT molecular complexity index is 1160. The van der Waals surface area contributed by atoms with Crippen molar-refractivity contribution >= 4 is 34.8 Å². The SMILES string of the molecule is O=C(Cc1ccccc1)N(CC(=O)N1CCc2sccc2[C@@H]1COc1ccc(Cl)cc1)CC1CC1. The van der Waals surface area contributed by atoms with Crippen LogP contribution in [0.15, 0.2) is 66.0 Å². The van der Waals surface area contributed by atoms with Crippen LogP contribution in [0, 0.1) is 5.92 Å². The number of hydrogen-bond acceptors (Lipinski definition) is 4. The average molecular weight is 509 g/mol. The van der Waals surface area contributed by atoms with E-state index in [1.807, 2.05) is 47.4 Å². The van der Waals surface area contributed by atoms with Crippen LogP contribution in [0.2, 0.25) is 5.02 Å². The molecule has 35 heavy (non-hydrogen) atoms. The van der Waals surface area contributed by atoms with Crippen LogP contribution in [-0.2, 0) is 22.4 Å². The van der Waals surface area contributed by atoms with Crippen LogP contribution < -0.4 is 4.74 Å². The maximum Gasteiger partial charge on any atom is 0.242 e. The molecule has 5 nitrogen and oxygen atoms in total. The van der Waals surface area contributed by atoms with E-state index < -0.39 is 0 Å². The summed E-state index contributed by atoms with van der Waals surface area (Å²) in [7, 11) is 0. The minimum atomic E-state index is -0.180. The minimum Gasteiger partial charge on any atom is -0.491 e. The average Bonchev–Trinajstić information content (AvgIpc) is 3.56. The highest BCUT2D eigenvalue weighted by molar-refractivity contribution is 7.10. The van der Waals surface area contributed by atoms with Gasteiger partial charge in [0, 0.05) is 23.0 Å². The third-order valence-corrected chi connectivity index (χ3v) is 7.94. The van der Waals surface area contributed by atoms with Crippen LogP contribution >= 0.6 is 22.9 Å². The van der Waals surface area contributed by atoms with Crippen LogP contribution in [-0.4, -0.2) is 47.9 Å². The molecule has 1 aromatic heterocycles. The Hall–Kier alpha value is -2.83. The molecule has 0 spiro atoms. The lowest BCUT2D eigenvalue weighted by molar-refractivity contribution is -0.142. The number of thiophene rings is 1. The number of amides is 2. The molecule has 2 aliphatic rings. The lowest BCUT2D eigenvalue weighted by atomic mass is 10.0. The molecule has 3 aromatic rings. The zero-order valence-electron chi connectivity index (χ0n) is 19.6. The van der Waals surface area contributed by atoms with Crippen LogP contribution in [0.3, 0.4) is 0 Å². The zero-order chi connectivity index (χ0) is 24.2. The summed E-state index contributed by atoms with van der Waals surface area (Å²) in [5, 5.41) is 2.74. The molecule has 0 bridgehead atoms. The van der Waals surface area contributed by atoms with E-state index in [9.17, 15) is 9.59 Å². The molecule has 2 heterocycles. The van der Waals surface area contributed by atoms with E-state index >= 15 is 0 Å². The normalized spacial score (nSPS) is 17.1. The predicted octanol–water partition coefficient (Wildman–Crippen LogP) is 5.39. The number of benzene rings is 2. The van der Waals surface area contributed by atoms with Gasteiger partial charge in [-0.15, -0.1) is 11.3 Å². The number of carbonyl (C=O) groups is 2. The number of ether oxygens (including phenoxy) is 1. The molecule has 0 N–H and O–H groups in total. The Morgan fingerprint density at radius 2 is 1.83 bits per heavy atom. The Labute approximate surface area is 215 Å². The van der Waals surface area contributed by atoms with Crippen molar-refractivity contribution in [3.8, 4) is 5.75 Å². The predicted molar refractivity (Wildman–Crippen MR) is 139 cm³/mol. The molecule has 0 saturated heterocycles. The van der Waals surface area contributed by atoms with Gasteiger partial charge in [0.05, 0.1) is 19.0 Å². The van der Waals surface area contributed by atoms with E-state index in [0.717, 1.165) is 36.1 Å². The molecule has 0 radical (unpaired) electrons. The first kappa shape index (κ1) is 23.9. The number of hydrogen-bond donors (Lipinski definition) is 0. The van der Waals surface area contributed by atoms with Gasteiger partial charge in [-0.05, 0) is 72.0 Å². The van der Waals surface area contributed by atoms with Crippen LogP contribution in [0.25, 0.3) is 0 Å². The van der Waals surface area contributed by atoms with Crippen molar-refractivity contribution in [1.82, 2.24) is 9.80 Å². The third kappa shape index (κ3) is 6.06. The van der Waals surface area contributed by atoms with Gasteiger partial charge in [-0.1, -0.05) is 41.9 Å². The summed E-state index contributed by atoms with van der Waals surface area (Å²) in [6, 6.07) is 18.9. The molecule has 1 saturated carbocycles. The second kappa shape index (κ2) is 10.8. The first-order chi connectivity index (χ1) is 17.1. The number of nitrogens with zero attached hydrogens (tertiary/aromatic N) is 2. The smallest absolute Gasteiger partial charge is 0.242 e. The fourth-order valence-corrected chi connectivity index (χ4v) is 5.64. The van der Waals surface area contributed by atoms with Gasteiger partial charge in [0.25, 0.3) is 0 Å². The number of fused-ring (bicyclic) bond motifs is 1. The van der Waals surface area contributed by atoms with E-state index in [1.165, 1.54) is 4.88 Å². The van der Waals surface area contributed by atoms with Gasteiger partial charge >= 0.3 is 0 Å². The molecule has 182 valence electrons. The van der Waals surface area contributed by atoms with Crippen molar-refractivity contribution in [1.29, 1.82) is 0 Å². The summed E-state index contributed by atoms with van der Waals surface area (Å²) in [4.78, 5) is 31.8. The van der Waals surface area contributed by atoms with E-state index in [2.05, 4.69) is 11.4 Å². The maximum absolute atomic E-state index is 13.6. The van der Waals surface area contributed by atoms with Crippen LogP contribution in [0.1, 0.15) is 34.9 Å². The number of halogens is 1. The summed E-state index contributed by atoms with van der Waals surface area (Å²) in [5.74, 6) is 1.22. The van der Waals surface area contributed by atoms with Gasteiger partial charge in [0.15, 0.2) is 0 Å². The van der Waals surface area contributed by atoms with Gasteiger partial charge in [-0.25, -0.2) is 0 Å². The topological polar surface area (TPSA) is 49.9 Å². The second-order valence-corrected chi connectivity index (χ2v) is 10.7. The fourth-order valence-electron chi connectivity index (χ4n) is 4.58. The van der Waals surface area contributed by atoms with E-state index in [0.29, 0.717) is 37.1 Å². The van der Waals surface area contributed by atoms with Gasteiger partial charge in [-0.3, -0.25) is 9.59 Å². The van der Waals surface area contributed by atoms with Gasteiger partial charge in [-0.2, -0.15) is 0 Å². The molecule has 0 unspecified atom stereocenters. The molecule has 1 aliphatic heterocycles. The molecule has 5 rings (SSSR count). The lowest BCUT2D eigenvalue weighted by Gasteiger charge is -2.37. The molecule has 7 heteroatoms. The Morgan fingerprint density at radius 1 is 1.06 bits per heavy atom. The Balaban J connectivity index is 1.30. The molecular weight excluding hydrogens is 480 g/mol. The maximum atomic E-state index is 13.6. The van der Waals surface area contributed by atoms with E-state index in [1.54, 1.807) is 28.4 Å². The highest BCUT2D eigenvalue weighted by Gasteiger charge is 2.35. The summed E-state index contributed by atoms with van der Waals surface area (Å²) in [5.41, 5.74) is 2.12. The first-order valence-electron chi connectivity index (χ1n) is 12.1. The quantitative estimate of drug-likeness (QED) is 0.389. The van der Waals surface area contributed by atoms with E-state index in [4.69, 9.17) is 16.3 Å². The van der Waals surface area contributed by atoms with Crippen molar-refractivity contribution in [2.75, 3.05) is 26.2 Å². The van der Waals surface area contributed by atoms with Gasteiger partial charge in [0.1, 0.15) is 12.4 Å². The standard InChI is InChI=1S/C28H29ClN2O3S/c29-22-8-10-23(11-9-22)34-19-25-24-13-15-35-26(24)12-14-31(25)28(33)18-30(17-21-6-7-21)27(32)16-20-4-2-1-3-5-20/h1-5,8-11,13,15,21,25H,6-7,12,14,16-19H2/t25-/m0/s1. The molecule has 1 fully saturated rings. The van der Waals surface area contributed by atoms with Crippen molar-refractivity contribution in [3.63, 3.8) is 0 Å². The minimum absolute atomic E-state index is 0.0126. The highest BCUT2D eigenvalue weighted by atomic mass is 35.5. The van der Waals surface area contributed by atoms with Gasteiger partial charge < -0.3 is 14.5 Å². The monoisotopic (exact) mass is 508 g/mol. The molecule has 2 amide bonds. The van der Waals surface area contributed by atoms with Crippen molar-refractivity contribution in [2.45, 2.75) is 31.7 Å². The molecular formula is C28H29ClN2O3S. The summed E-state index contributed by atoms with van der Waals surface area (Å²) in [6.45, 7) is 1.75. The number of rotatable bonds is 9. The third-order valence-electron chi connectivity index (χ3n) is 6.69. The highest BCUT2D eigenvalue weighted by Crippen LogP contribution is 2.35. The largest absolute Gasteiger partial charge is 0.491 e. The van der Waals surface area contributed by atoms with Gasteiger partial charge in [0.2, 0.25) is 11.8 Å². The second-order valence-electron chi connectivity index (χ2n) is 9.30. The summed E-state index contributed by atoms with van der Waals surface area (Å²) < 4.78 is 6.08. The van der Waals surface area contributed by atoms with Crippen LogP contribution in [0.5, 0.6) is 5.75 Å². The fraction of sp³-hybridized carbons (Fsp3) is 0.357. The molecule has 1 atom stereocenters. The molecule has 2 aromatic carbocycles. The Kier molecular flexibility index (Phi) is 7.40. The number of carbonyl (C=O) groups excluding carboxylic acids is 2. The van der Waals surface area contributed by atoms with Crippen molar-refractivity contribution in [2.24, 2.45) is 5.92 Å². The Morgan fingerprint density at radius 3 is 2.57 bits per heavy atom. The van der Waals surface area contributed by atoms with E-state index in [-0.39, 0.29) is 24.4 Å².